The van der Waals surface area contributed by atoms with E-state index in [1.165, 1.54) is 12.1 Å². The number of alkyl halides is 3. The van der Waals surface area contributed by atoms with Gasteiger partial charge in [-0.15, -0.1) is 0 Å². The van der Waals surface area contributed by atoms with Crippen LogP contribution in [0.4, 0.5) is 13.2 Å². The molecular formula is C21H25F3N2O. The molecular weight excluding hydrogens is 353 g/mol. The number of nitrogens with two attached hydrogens (primary N) is 1. The third-order valence-corrected chi connectivity index (χ3v) is 5.23. The van der Waals surface area contributed by atoms with Crippen molar-refractivity contribution in [1.82, 2.24) is 4.57 Å². The molecule has 3 rings (SSSR count). The van der Waals surface area contributed by atoms with E-state index in [0.717, 1.165) is 62.0 Å². The molecule has 0 radical (unpaired) electrons. The van der Waals surface area contributed by atoms with Gasteiger partial charge in [0, 0.05) is 23.0 Å². The van der Waals surface area contributed by atoms with Crippen LogP contribution < -0.4 is 5.73 Å². The molecule has 1 aliphatic carbocycles. The summed E-state index contributed by atoms with van der Waals surface area (Å²) < 4.78 is 41.0. The van der Waals surface area contributed by atoms with E-state index in [2.05, 4.69) is 11.5 Å². The number of carbonyl (C=O) groups excluding carboxylic acids is 1. The number of aromatic nitrogens is 1. The van der Waals surface area contributed by atoms with E-state index < -0.39 is 17.6 Å². The number of hydrogen-bond donors (Lipinski definition) is 1. The van der Waals surface area contributed by atoms with Gasteiger partial charge in [0.05, 0.1) is 11.1 Å². The van der Waals surface area contributed by atoms with E-state index >= 15 is 0 Å². The number of unbranched alkanes of at least 4 members (excludes halogenated alkanes) is 2. The van der Waals surface area contributed by atoms with Gasteiger partial charge in [-0.25, -0.2) is 0 Å². The van der Waals surface area contributed by atoms with Crippen molar-refractivity contribution in [3.05, 3.63) is 46.8 Å². The van der Waals surface area contributed by atoms with Gasteiger partial charge < -0.3 is 10.3 Å². The average Bonchev–Trinajstić information content (AvgIpc) is 3.38. The van der Waals surface area contributed by atoms with Gasteiger partial charge in [-0.3, -0.25) is 4.79 Å². The molecule has 2 aromatic rings. The number of halogens is 3. The van der Waals surface area contributed by atoms with Gasteiger partial charge >= 0.3 is 6.18 Å². The van der Waals surface area contributed by atoms with Crippen molar-refractivity contribution in [3.8, 4) is 11.1 Å². The van der Waals surface area contributed by atoms with Crippen LogP contribution in [0.2, 0.25) is 0 Å². The highest BCUT2D eigenvalue weighted by Gasteiger charge is 2.34. The first-order chi connectivity index (χ1) is 12.8. The van der Waals surface area contributed by atoms with Gasteiger partial charge in [0.25, 0.3) is 5.91 Å². The molecule has 1 aromatic carbocycles. The predicted octanol–water partition coefficient (Wildman–Crippen LogP) is 5.65. The van der Waals surface area contributed by atoms with Crippen LogP contribution in [0.3, 0.4) is 0 Å². The summed E-state index contributed by atoms with van der Waals surface area (Å²) in [6, 6.07) is 5.40. The smallest absolute Gasteiger partial charge is 0.366 e. The van der Waals surface area contributed by atoms with E-state index in [4.69, 9.17) is 5.73 Å². The molecule has 1 amide bonds. The Bertz CT molecular complexity index is 831. The van der Waals surface area contributed by atoms with Gasteiger partial charge in [0.1, 0.15) is 0 Å². The minimum absolute atomic E-state index is 0.364. The number of carbonyl (C=O) groups is 1. The fraction of sp³-hybridized carbons (Fsp3) is 0.476. The Balaban J connectivity index is 2.14. The first-order valence-corrected chi connectivity index (χ1v) is 9.46. The maximum atomic E-state index is 12.9. The van der Waals surface area contributed by atoms with Crippen LogP contribution in [0, 0.1) is 6.92 Å². The SMILES string of the molecule is CCCCCc1c(-c2ccc(C(F)(F)F)cc2)c(C(N)=O)c(C)n1C1CC1. The van der Waals surface area contributed by atoms with Crippen LogP contribution in [-0.4, -0.2) is 10.5 Å². The fourth-order valence-electron chi connectivity index (χ4n) is 3.82. The van der Waals surface area contributed by atoms with Crippen molar-refractivity contribution in [1.29, 1.82) is 0 Å². The first kappa shape index (κ1) is 19.5. The Morgan fingerprint density at radius 2 is 1.81 bits per heavy atom. The molecule has 1 fully saturated rings. The van der Waals surface area contributed by atoms with E-state index in [-0.39, 0.29) is 0 Å². The van der Waals surface area contributed by atoms with E-state index in [0.29, 0.717) is 22.7 Å². The topological polar surface area (TPSA) is 48.0 Å². The monoisotopic (exact) mass is 378 g/mol. The summed E-state index contributed by atoms with van der Waals surface area (Å²) in [5.41, 5.74) is 8.59. The summed E-state index contributed by atoms with van der Waals surface area (Å²) in [5.74, 6) is -0.529. The molecule has 2 N–H and O–H groups in total. The second kappa shape index (κ2) is 7.41. The zero-order valence-corrected chi connectivity index (χ0v) is 15.7. The molecule has 6 heteroatoms. The van der Waals surface area contributed by atoms with Crippen LogP contribution in [0.5, 0.6) is 0 Å². The molecule has 0 aliphatic heterocycles. The lowest BCUT2D eigenvalue weighted by atomic mass is 9.96. The van der Waals surface area contributed by atoms with Crippen LogP contribution in [0.15, 0.2) is 24.3 Å². The molecule has 3 nitrogen and oxygen atoms in total. The lowest BCUT2D eigenvalue weighted by molar-refractivity contribution is -0.137. The molecule has 0 spiro atoms. The van der Waals surface area contributed by atoms with Crippen LogP contribution in [0.25, 0.3) is 11.1 Å². The zero-order valence-electron chi connectivity index (χ0n) is 15.7. The highest BCUT2D eigenvalue weighted by molar-refractivity contribution is 6.02. The molecule has 27 heavy (non-hydrogen) atoms. The largest absolute Gasteiger partial charge is 0.416 e. The Morgan fingerprint density at radius 1 is 1.19 bits per heavy atom. The lowest BCUT2D eigenvalue weighted by Gasteiger charge is -2.13. The summed E-state index contributed by atoms with van der Waals surface area (Å²) in [4.78, 5) is 12.2. The van der Waals surface area contributed by atoms with Crippen molar-refractivity contribution in [3.63, 3.8) is 0 Å². The van der Waals surface area contributed by atoms with Crippen molar-refractivity contribution in [2.45, 2.75) is 64.6 Å². The summed E-state index contributed by atoms with van der Waals surface area (Å²) in [6.07, 6.45) is 1.62. The van der Waals surface area contributed by atoms with Crippen LogP contribution in [0.1, 0.15) is 72.4 Å². The van der Waals surface area contributed by atoms with Crippen LogP contribution in [-0.2, 0) is 12.6 Å². The molecule has 0 bridgehead atoms. The Kier molecular flexibility index (Phi) is 5.36. The third kappa shape index (κ3) is 3.89. The summed E-state index contributed by atoms with van der Waals surface area (Å²) >= 11 is 0. The number of amides is 1. The zero-order chi connectivity index (χ0) is 19.8. The molecule has 146 valence electrons. The summed E-state index contributed by atoms with van der Waals surface area (Å²) in [7, 11) is 0. The number of nitrogens with zero attached hydrogens (tertiary/aromatic N) is 1. The third-order valence-electron chi connectivity index (χ3n) is 5.23. The molecule has 0 unspecified atom stereocenters. The number of rotatable bonds is 7. The molecule has 0 saturated heterocycles. The molecule has 0 atom stereocenters. The lowest BCUT2D eigenvalue weighted by Crippen LogP contribution is -2.13. The van der Waals surface area contributed by atoms with Crippen molar-refractivity contribution >= 4 is 5.91 Å². The Hall–Kier alpha value is -2.24. The highest BCUT2D eigenvalue weighted by atomic mass is 19.4. The minimum atomic E-state index is -4.38. The predicted molar refractivity (Wildman–Crippen MR) is 99.6 cm³/mol. The van der Waals surface area contributed by atoms with Gasteiger partial charge in [-0.2, -0.15) is 13.2 Å². The molecule has 1 heterocycles. The first-order valence-electron chi connectivity index (χ1n) is 9.46. The number of hydrogen-bond acceptors (Lipinski definition) is 1. The standard InChI is InChI=1S/C21H25F3N2O/c1-3-4-5-6-17-19(14-7-9-15(10-8-14)21(22,23)24)18(20(25)27)13(2)26(17)16-11-12-16/h7-10,16H,3-6,11-12H2,1-2H3,(H2,25,27). The number of benzene rings is 1. The van der Waals surface area contributed by atoms with Gasteiger partial charge in [-0.05, 0) is 50.3 Å². The second-order valence-corrected chi connectivity index (χ2v) is 7.28. The van der Waals surface area contributed by atoms with E-state index in [1.54, 1.807) is 0 Å². The van der Waals surface area contributed by atoms with Crippen molar-refractivity contribution in [2.75, 3.05) is 0 Å². The maximum absolute atomic E-state index is 12.9. The highest BCUT2D eigenvalue weighted by Crippen LogP contribution is 2.44. The van der Waals surface area contributed by atoms with E-state index in [1.807, 2.05) is 6.92 Å². The summed E-state index contributed by atoms with van der Waals surface area (Å²) in [5, 5.41) is 0. The van der Waals surface area contributed by atoms with Gasteiger partial charge in [0.15, 0.2) is 0 Å². The quantitative estimate of drug-likeness (QED) is 0.622. The summed E-state index contributed by atoms with van der Waals surface area (Å²) in [6.45, 7) is 4.01. The fourth-order valence-corrected chi connectivity index (χ4v) is 3.82. The minimum Gasteiger partial charge on any atom is -0.366 e. The van der Waals surface area contributed by atoms with Crippen molar-refractivity contribution in [2.24, 2.45) is 5.73 Å². The molecule has 1 aliphatic rings. The maximum Gasteiger partial charge on any atom is 0.416 e. The average molecular weight is 378 g/mol. The number of primary amides is 1. The Labute approximate surface area is 157 Å². The second-order valence-electron chi connectivity index (χ2n) is 7.28. The normalized spacial score (nSPS) is 14.6. The van der Waals surface area contributed by atoms with Crippen molar-refractivity contribution < 1.29 is 18.0 Å². The molecule has 1 aromatic heterocycles. The van der Waals surface area contributed by atoms with Gasteiger partial charge in [-0.1, -0.05) is 31.9 Å². The molecule has 1 saturated carbocycles. The van der Waals surface area contributed by atoms with Gasteiger partial charge in [0.2, 0.25) is 0 Å². The van der Waals surface area contributed by atoms with Crippen LogP contribution >= 0.6 is 0 Å². The van der Waals surface area contributed by atoms with E-state index in [9.17, 15) is 18.0 Å². The Morgan fingerprint density at radius 3 is 2.30 bits per heavy atom.